The van der Waals surface area contributed by atoms with Gasteiger partial charge in [0.05, 0.1) is 18.2 Å². The molecule has 2 fully saturated rings. The van der Waals surface area contributed by atoms with E-state index < -0.39 is 0 Å². The van der Waals surface area contributed by atoms with Crippen molar-refractivity contribution < 1.29 is 5.11 Å². The lowest BCUT2D eigenvalue weighted by atomic mass is 9.99. The topological polar surface area (TPSA) is 50.5 Å². The van der Waals surface area contributed by atoms with Gasteiger partial charge in [0.1, 0.15) is 0 Å². The minimum atomic E-state index is -0.165. The highest BCUT2D eigenvalue weighted by Crippen LogP contribution is 2.28. The fourth-order valence-electron chi connectivity index (χ4n) is 3.86. The molecule has 0 radical (unpaired) electrons. The average molecular weight is 293 g/mol. The fraction of sp³-hybridized carbons (Fsp3) is 0.941. The first kappa shape index (κ1) is 16.7. The highest BCUT2D eigenvalue weighted by Gasteiger charge is 2.25. The van der Waals surface area contributed by atoms with Crippen LogP contribution < -0.4 is 0 Å². The Kier molecular flexibility index (Phi) is 6.95. The van der Waals surface area contributed by atoms with Crippen LogP contribution in [0.4, 0.5) is 0 Å². The van der Waals surface area contributed by atoms with Crippen LogP contribution >= 0.6 is 0 Å². The Labute approximate surface area is 129 Å². The van der Waals surface area contributed by atoms with Crippen molar-refractivity contribution in [1.29, 1.82) is 5.26 Å². The number of β-amino-alcohol motifs (C(OH)–C–C–N with tert-alkyl or cyclic N) is 1. The predicted octanol–water partition coefficient (Wildman–Crippen LogP) is 2.24. The molecule has 0 bridgehead atoms. The molecule has 0 aromatic rings. The Morgan fingerprint density at radius 1 is 1.19 bits per heavy atom. The molecule has 1 aliphatic heterocycles. The van der Waals surface area contributed by atoms with Crippen LogP contribution in [-0.2, 0) is 0 Å². The van der Waals surface area contributed by atoms with Crippen molar-refractivity contribution in [3.8, 4) is 6.07 Å². The first-order valence-electron chi connectivity index (χ1n) is 8.77. The molecular weight excluding hydrogens is 262 g/mol. The van der Waals surface area contributed by atoms with Crippen molar-refractivity contribution in [1.82, 2.24) is 9.80 Å². The average Bonchev–Trinajstić information content (AvgIpc) is 2.98. The molecule has 2 unspecified atom stereocenters. The van der Waals surface area contributed by atoms with Crippen molar-refractivity contribution >= 4 is 0 Å². The molecule has 2 aliphatic rings. The van der Waals surface area contributed by atoms with Gasteiger partial charge in [-0.25, -0.2) is 0 Å². The monoisotopic (exact) mass is 293 g/mol. The third-order valence-electron chi connectivity index (χ3n) is 5.11. The largest absolute Gasteiger partial charge is 0.392 e. The Morgan fingerprint density at radius 2 is 1.86 bits per heavy atom. The van der Waals surface area contributed by atoms with E-state index in [0.29, 0.717) is 0 Å². The summed E-state index contributed by atoms with van der Waals surface area (Å²) in [6, 6.07) is 2.52. The molecule has 1 saturated carbocycles. The second-order valence-electron chi connectivity index (χ2n) is 6.81. The van der Waals surface area contributed by atoms with Gasteiger partial charge in [0, 0.05) is 32.7 Å². The molecule has 0 aromatic carbocycles. The van der Waals surface area contributed by atoms with Crippen molar-refractivity contribution in [3.63, 3.8) is 0 Å². The van der Waals surface area contributed by atoms with Crippen LogP contribution in [0.25, 0.3) is 0 Å². The maximum atomic E-state index is 10.3. The van der Waals surface area contributed by atoms with E-state index in [1.165, 1.54) is 25.7 Å². The lowest BCUT2D eigenvalue weighted by molar-refractivity contribution is 0.0532. The molecule has 0 spiro atoms. The third-order valence-corrected chi connectivity index (χ3v) is 5.11. The zero-order chi connectivity index (χ0) is 15.1. The summed E-state index contributed by atoms with van der Waals surface area (Å²) in [7, 11) is 0. The molecule has 1 heterocycles. The van der Waals surface area contributed by atoms with Gasteiger partial charge in [0.2, 0.25) is 0 Å². The van der Waals surface area contributed by atoms with Crippen molar-refractivity contribution in [2.75, 3.05) is 32.7 Å². The number of aliphatic hydroxyl groups is 1. The molecule has 21 heavy (non-hydrogen) atoms. The van der Waals surface area contributed by atoms with Crippen molar-refractivity contribution in [2.24, 2.45) is 5.92 Å². The fourth-order valence-corrected chi connectivity index (χ4v) is 3.86. The maximum Gasteiger partial charge on any atom is 0.0978 e. The Bertz CT molecular complexity index is 327. The highest BCUT2D eigenvalue weighted by atomic mass is 16.3. The zero-order valence-corrected chi connectivity index (χ0v) is 13.5. The number of rotatable bonds is 7. The van der Waals surface area contributed by atoms with Crippen LogP contribution in [0.2, 0.25) is 0 Å². The number of piperazine rings is 1. The minimum absolute atomic E-state index is 0.0839. The second-order valence-corrected chi connectivity index (χ2v) is 6.81. The van der Waals surface area contributed by atoms with Gasteiger partial charge >= 0.3 is 0 Å². The first-order valence-corrected chi connectivity index (χ1v) is 8.77. The number of aliphatic hydroxyl groups excluding tert-OH is 1. The number of hydrogen-bond acceptors (Lipinski definition) is 4. The summed E-state index contributed by atoms with van der Waals surface area (Å²) < 4.78 is 0. The van der Waals surface area contributed by atoms with Gasteiger partial charge in [-0.1, -0.05) is 39.0 Å². The molecule has 2 atom stereocenters. The maximum absolute atomic E-state index is 10.3. The van der Waals surface area contributed by atoms with E-state index in [0.717, 1.165) is 57.9 Å². The predicted molar refractivity (Wildman–Crippen MR) is 84.9 cm³/mol. The van der Waals surface area contributed by atoms with Gasteiger partial charge in [-0.15, -0.1) is 0 Å². The van der Waals surface area contributed by atoms with Crippen LogP contribution in [0, 0.1) is 17.2 Å². The molecule has 4 nitrogen and oxygen atoms in total. The van der Waals surface area contributed by atoms with E-state index in [1.54, 1.807) is 0 Å². The molecule has 0 amide bonds. The van der Waals surface area contributed by atoms with Gasteiger partial charge in [0.25, 0.3) is 0 Å². The summed E-state index contributed by atoms with van der Waals surface area (Å²) in [5.41, 5.74) is 0. The van der Waals surface area contributed by atoms with Crippen LogP contribution in [0.5, 0.6) is 0 Å². The van der Waals surface area contributed by atoms with E-state index in [-0.39, 0.29) is 12.1 Å². The molecule has 2 rings (SSSR count). The lowest BCUT2D eigenvalue weighted by Crippen LogP contribution is -2.51. The van der Waals surface area contributed by atoms with Gasteiger partial charge in [-0.3, -0.25) is 9.80 Å². The van der Waals surface area contributed by atoms with E-state index in [9.17, 15) is 10.4 Å². The van der Waals surface area contributed by atoms with E-state index in [1.807, 2.05) is 0 Å². The summed E-state index contributed by atoms with van der Waals surface area (Å²) in [5.74, 6) is 0.758. The Balaban J connectivity index is 1.67. The summed E-state index contributed by atoms with van der Waals surface area (Å²) in [6.07, 6.45) is 8.18. The smallest absolute Gasteiger partial charge is 0.0978 e. The molecule has 1 N–H and O–H groups in total. The van der Waals surface area contributed by atoms with Crippen LogP contribution in [0.1, 0.15) is 51.9 Å². The van der Waals surface area contributed by atoms with Crippen molar-refractivity contribution in [3.05, 3.63) is 0 Å². The number of nitrogens with zero attached hydrogens (tertiary/aromatic N) is 3. The second kappa shape index (κ2) is 8.73. The van der Waals surface area contributed by atoms with E-state index in [4.69, 9.17) is 0 Å². The zero-order valence-electron chi connectivity index (χ0n) is 13.5. The highest BCUT2D eigenvalue weighted by molar-refractivity contribution is 4.93. The molecule has 120 valence electrons. The summed E-state index contributed by atoms with van der Waals surface area (Å²) in [6.45, 7) is 6.87. The van der Waals surface area contributed by atoms with Gasteiger partial charge in [0.15, 0.2) is 0 Å². The molecule has 1 saturated heterocycles. The van der Waals surface area contributed by atoms with Gasteiger partial charge in [-0.2, -0.15) is 5.26 Å². The van der Waals surface area contributed by atoms with E-state index >= 15 is 0 Å². The summed E-state index contributed by atoms with van der Waals surface area (Å²) in [4.78, 5) is 4.68. The van der Waals surface area contributed by atoms with Crippen LogP contribution in [0.3, 0.4) is 0 Å². The van der Waals surface area contributed by atoms with Crippen LogP contribution in [0.15, 0.2) is 0 Å². The number of hydrogen-bond donors (Lipinski definition) is 1. The Hall–Kier alpha value is -0.630. The molecule has 4 heteroatoms. The molecule has 0 aromatic heterocycles. The van der Waals surface area contributed by atoms with E-state index in [2.05, 4.69) is 22.8 Å². The molecular formula is C17H31N3O. The third kappa shape index (κ3) is 5.25. The normalized spacial score (nSPS) is 24.8. The number of nitriles is 1. The molecule has 1 aliphatic carbocycles. The quantitative estimate of drug-likeness (QED) is 0.782. The van der Waals surface area contributed by atoms with Crippen molar-refractivity contribution in [2.45, 2.75) is 64.0 Å². The first-order chi connectivity index (χ1) is 10.2. The standard InChI is InChI=1S/C17H31N3O/c1-2-5-16(13-18)20-10-8-19(9-11-20)14-17(21)12-15-6-3-4-7-15/h15-17,21H,2-12,14H2,1H3. The van der Waals surface area contributed by atoms with Gasteiger partial charge in [-0.05, 0) is 18.8 Å². The minimum Gasteiger partial charge on any atom is -0.392 e. The SMILES string of the molecule is CCCC(C#N)N1CCN(CC(O)CC2CCCC2)CC1. The van der Waals surface area contributed by atoms with Gasteiger partial charge < -0.3 is 5.11 Å². The lowest BCUT2D eigenvalue weighted by Gasteiger charge is -2.37. The Morgan fingerprint density at radius 3 is 2.43 bits per heavy atom. The summed E-state index contributed by atoms with van der Waals surface area (Å²) in [5, 5.41) is 19.5. The summed E-state index contributed by atoms with van der Waals surface area (Å²) >= 11 is 0. The van der Waals surface area contributed by atoms with Crippen LogP contribution in [-0.4, -0.2) is 59.8 Å².